The third-order valence-corrected chi connectivity index (χ3v) is 3.56. The SMILES string of the molecule is CCc1ccc(Cc2nc(CC)nc(Cl)c2C)nc1. The summed E-state index contributed by atoms with van der Waals surface area (Å²) in [6.45, 7) is 6.11. The van der Waals surface area contributed by atoms with Gasteiger partial charge < -0.3 is 0 Å². The molecule has 19 heavy (non-hydrogen) atoms. The van der Waals surface area contributed by atoms with Crippen LogP contribution in [0, 0.1) is 6.92 Å². The summed E-state index contributed by atoms with van der Waals surface area (Å²) in [6, 6.07) is 4.17. The van der Waals surface area contributed by atoms with Crippen molar-refractivity contribution in [1.82, 2.24) is 15.0 Å². The van der Waals surface area contributed by atoms with Crippen molar-refractivity contribution in [2.75, 3.05) is 0 Å². The normalized spacial score (nSPS) is 10.7. The van der Waals surface area contributed by atoms with Crippen molar-refractivity contribution >= 4 is 11.6 Å². The van der Waals surface area contributed by atoms with Crippen molar-refractivity contribution in [2.24, 2.45) is 0 Å². The lowest BCUT2D eigenvalue weighted by Crippen LogP contribution is -2.04. The second kappa shape index (κ2) is 6.11. The Hall–Kier alpha value is -1.48. The largest absolute Gasteiger partial charge is 0.261 e. The summed E-state index contributed by atoms with van der Waals surface area (Å²) < 4.78 is 0. The Morgan fingerprint density at radius 3 is 2.47 bits per heavy atom. The second-order valence-corrected chi connectivity index (χ2v) is 4.90. The van der Waals surface area contributed by atoms with Crippen LogP contribution in [0.3, 0.4) is 0 Å². The molecule has 100 valence electrons. The van der Waals surface area contributed by atoms with Crippen LogP contribution in [0.4, 0.5) is 0 Å². The van der Waals surface area contributed by atoms with Crippen molar-refractivity contribution in [3.8, 4) is 0 Å². The highest BCUT2D eigenvalue weighted by molar-refractivity contribution is 6.30. The van der Waals surface area contributed by atoms with Gasteiger partial charge in [-0.3, -0.25) is 4.98 Å². The van der Waals surface area contributed by atoms with E-state index in [2.05, 4.69) is 34.0 Å². The highest BCUT2D eigenvalue weighted by Gasteiger charge is 2.09. The van der Waals surface area contributed by atoms with Crippen LogP contribution in [0.1, 0.15) is 42.2 Å². The quantitative estimate of drug-likeness (QED) is 0.801. The Bertz CT molecular complexity index is 564. The van der Waals surface area contributed by atoms with Crippen LogP contribution < -0.4 is 0 Å². The Morgan fingerprint density at radius 2 is 1.89 bits per heavy atom. The number of rotatable bonds is 4. The van der Waals surface area contributed by atoms with Gasteiger partial charge in [0.2, 0.25) is 0 Å². The lowest BCUT2D eigenvalue weighted by Gasteiger charge is -2.08. The first-order chi connectivity index (χ1) is 9.13. The molecule has 2 rings (SSSR count). The highest BCUT2D eigenvalue weighted by atomic mass is 35.5. The van der Waals surface area contributed by atoms with Gasteiger partial charge in [-0.25, -0.2) is 9.97 Å². The van der Waals surface area contributed by atoms with E-state index in [-0.39, 0.29) is 0 Å². The van der Waals surface area contributed by atoms with E-state index >= 15 is 0 Å². The van der Waals surface area contributed by atoms with Gasteiger partial charge in [0.15, 0.2) is 0 Å². The van der Waals surface area contributed by atoms with Gasteiger partial charge in [0.05, 0.1) is 5.69 Å². The van der Waals surface area contributed by atoms with Gasteiger partial charge in [-0.05, 0) is 25.0 Å². The van der Waals surface area contributed by atoms with Gasteiger partial charge >= 0.3 is 0 Å². The van der Waals surface area contributed by atoms with Crippen molar-refractivity contribution in [3.05, 3.63) is 51.8 Å². The molecular formula is C15H18ClN3. The summed E-state index contributed by atoms with van der Waals surface area (Å²) in [4.78, 5) is 13.3. The first-order valence-corrected chi connectivity index (χ1v) is 6.97. The molecule has 0 aliphatic heterocycles. The van der Waals surface area contributed by atoms with Crippen molar-refractivity contribution in [2.45, 2.75) is 40.0 Å². The summed E-state index contributed by atoms with van der Waals surface area (Å²) in [5, 5.41) is 0.548. The molecule has 3 nitrogen and oxygen atoms in total. The van der Waals surface area contributed by atoms with E-state index in [0.717, 1.165) is 35.6 Å². The molecule has 0 N–H and O–H groups in total. The van der Waals surface area contributed by atoms with Crippen molar-refractivity contribution in [1.29, 1.82) is 0 Å². The van der Waals surface area contributed by atoms with Crippen LogP contribution in [-0.4, -0.2) is 15.0 Å². The number of nitrogens with zero attached hydrogens (tertiary/aromatic N) is 3. The van der Waals surface area contributed by atoms with Gasteiger partial charge in [0.25, 0.3) is 0 Å². The highest BCUT2D eigenvalue weighted by Crippen LogP contribution is 2.18. The molecule has 0 amide bonds. The number of pyridine rings is 1. The second-order valence-electron chi connectivity index (χ2n) is 4.54. The number of aromatic nitrogens is 3. The fraction of sp³-hybridized carbons (Fsp3) is 0.400. The molecule has 0 spiro atoms. The van der Waals surface area contributed by atoms with Crippen LogP contribution in [0.15, 0.2) is 18.3 Å². The Kier molecular flexibility index (Phi) is 4.48. The van der Waals surface area contributed by atoms with Gasteiger partial charge in [-0.15, -0.1) is 0 Å². The smallest absolute Gasteiger partial charge is 0.135 e. The number of hydrogen-bond donors (Lipinski definition) is 0. The van der Waals surface area contributed by atoms with Crippen LogP contribution in [0.2, 0.25) is 5.15 Å². The summed E-state index contributed by atoms with van der Waals surface area (Å²) in [6.07, 6.45) is 4.42. The first kappa shape index (κ1) is 13.9. The fourth-order valence-electron chi connectivity index (χ4n) is 1.85. The van der Waals surface area contributed by atoms with Crippen LogP contribution in [0.25, 0.3) is 0 Å². The molecule has 2 aromatic heterocycles. The molecule has 0 saturated heterocycles. The van der Waals surface area contributed by atoms with E-state index in [1.165, 1.54) is 5.56 Å². The maximum Gasteiger partial charge on any atom is 0.135 e. The summed E-state index contributed by atoms with van der Waals surface area (Å²) >= 11 is 6.14. The summed E-state index contributed by atoms with van der Waals surface area (Å²) in [5.74, 6) is 0.788. The third kappa shape index (κ3) is 3.29. The molecule has 2 aromatic rings. The van der Waals surface area contributed by atoms with E-state index in [9.17, 15) is 0 Å². The lowest BCUT2D eigenvalue weighted by atomic mass is 10.1. The minimum atomic E-state index is 0.548. The number of hydrogen-bond acceptors (Lipinski definition) is 3. The molecule has 2 heterocycles. The predicted molar refractivity (Wildman–Crippen MR) is 77.6 cm³/mol. The van der Waals surface area contributed by atoms with Gasteiger partial charge in [0.1, 0.15) is 11.0 Å². The maximum atomic E-state index is 6.14. The van der Waals surface area contributed by atoms with E-state index in [4.69, 9.17) is 11.6 Å². The summed E-state index contributed by atoms with van der Waals surface area (Å²) in [7, 11) is 0. The molecule has 0 atom stereocenters. The molecule has 0 aromatic carbocycles. The van der Waals surface area contributed by atoms with Gasteiger partial charge in [-0.1, -0.05) is 31.5 Å². The molecule has 0 fully saturated rings. The molecule has 0 radical (unpaired) electrons. The van der Waals surface area contributed by atoms with E-state index < -0.39 is 0 Å². The van der Waals surface area contributed by atoms with Crippen molar-refractivity contribution < 1.29 is 0 Å². The monoisotopic (exact) mass is 275 g/mol. The van der Waals surface area contributed by atoms with Crippen LogP contribution >= 0.6 is 11.6 Å². The average molecular weight is 276 g/mol. The fourth-order valence-corrected chi connectivity index (χ4v) is 2.06. The minimum Gasteiger partial charge on any atom is -0.261 e. The molecule has 0 aliphatic carbocycles. The molecule has 0 bridgehead atoms. The van der Waals surface area contributed by atoms with E-state index in [1.54, 1.807) is 0 Å². The topological polar surface area (TPSA) is 38.7 Å². The molecule has 0 unspecified atom stereocenters. The van der Waals surface area contributed by atoms with Crippen molar-refractivity contribution in [3.63, 3.8) is 0 Å². The Labute approximate surface area is 119 Å². The Balaban J connectivity index is 2.28. The number of aryl methyl sites for hydroxylation is 2. The third-order valence-electron chi connectivity index (χ3n) is 3.19. The van der Waals surface area contributed by atoms with Crippen LogP contribution in [-0.2, 0) is 19.3 Å². The number of halogens is 1. The van der Waals surface area contributed by atoms with Crippen LogP contribution in [0.5, 0.6) is 0 Å². The first-order valence-electron chi connectivity index (χ1n) is 6.59. The zero-order valence-electron chi connectivity index (χ0n) is 11.6. The summed E-state index contributed by atoms with van der Waals surface area (Å²) in [5.41, 5.74) is 4.17. The lowest BCUT2D eigenvalue weighted by molar-refractivity contribution is 0.872. The standard InChI is InChI=1S/C15H18ClN3/c1-4-11-6-7-12(17-9-11)8-13-10(3)15(16)19-14(5-2)18-13/h6-7,9H,4-5,8H2,1-3H3. The molecular weight excluding hydrogens is 258 g/mol. The predicted octanol–water partition coefficient (Wildman–Crippen LogP) is 3.55. The Morgan fingerprint density at radius 1 is 1.11 bits per heavy atom. The van der Waals surface area contributed by atoms with E-state index in [0.29, 0.717) is 11.6 Å². The molecule has 0 aliphatic rings. The van der Waals surface area contributed by atoms with E-state index in [1.807, 2.05) is 20.0 Å². The van der Waals surface area contributed by atoms with Gasteiger partial charge in [0, 0.05) is 30.3 Å². The zero-order valence-corrected chi connectivity index (χ0v) is 12.3. The molecule has 0 saturated carbocycles. The maximum absolute atomic E-state index is 6.14. The van der Waals surface area contributed by atoms with Gasteiger partial charge in [-0.2, -0.15) is 0 Å². The molecule has 4 heteroatoms. The zero-order chi connectivity index (χ0) is 13.8. The minimum absolute atomic E-state index is 0.548. The average Bonchev–Trinajstić information content (AvgIpc) is 2.44.